The summed E-state index contributed by atoms with van der Waals surface area (Å²) in [4.78, 5) is 0. The number of methoxy groups -OCH3 is 1. The monoisotopic (exact) mass is 148 g/mol. The van der Waals surface area contributed by atoms with E-state index in [0.29, 0.717) is 5.95 Å². The second kappa shape index (κ2) is 2.31. The molecule has 2 rings (SSSR count). The van der Waals surface area contributed by atoms with Crippen molar-refractivity contribution in [3.63, 3.8) is 0 Å². The molecule has 0 aliphatic carbocycles. The normalized spacial score (nSPS) is 10.3. The fourth-order valence-electron chi connectivity index (χ4n) is 1.06. The highest BCUT2D eigenvalue weighted by Gasteiger charge is 1.99. The van der Waals surface area contributed by atoms with Crippen LogP contribution in [0.3, 0.4) is 0 Å². The van der Waals surface area contributed by atoms with Gasteiger partial charge in [0.25, 0.3) is 5.95 Å². The molecule has 0 N–H and O–H groups in total. The van der Waals surface area contributed by atoms with Crippen LogP contribution in [0.2, 0.25) is 0 Å². The minimum Gasteiger partial charge on any atom is -0.468 e. The van der Waals surface area contributed by atoms with Crippen LogP contribution in [0.15, 0.2) is 34.7 Å². The Kier molecular flexibility index (Phi) is 1.32. The molecule has 0 amide bonds. The lowest BCUT2D eigenvalue weighted by atomic mass is 10.3. The Hall–Kier alpha value is -1.44. The molecule has 0 fully saturated rings. The van der Waals surface area contributed by atoms with Crippen LogP contribution >= 0.6 is 0 Å². The van der Waals surface area contributed by atoms with Gasteiger partial charge in [-0.15, -0.1) is 0 Å². The van der Waals surface area contributed by atoms with E-state index in [2.05, 4.69) is 0 Å². The number of ether oxygens (including phenoxy) is 1. The third kappa shape index (κ3) is 0.963. The van der Waals surface area contributed by atoms with Gasteiger partial charge in [-0.3, -0.25) is 0 Å². The molecule has 2 nitrogen and oxygen atoms in total. The SMILES string of the molecule is COc1cc2ccccc2o1. The van der Waals surface area contributed by atoms with E-state index in [4.69, 9.17) is 9.15 Å². The van der Waals surface area contributed by atoms with E-state index in [1.807, 2.05) is 30.3 Å². The van der Waals surface area contributed by atoms with E-state index < -0.39 is 0 Å². The van der Waals surface area contributed by atoms with Gasteiger partial charge in [0.2, 0.25) is 0 Å². The minimum absolute atomic E-state index is 0.561. The first-order chi connectivity index (χ1) is 5.40. The molecule has 2 heteroatoms. The summed E-state index contributed by atoms with van der Waals surface area (Å²) in [5.41, 5.74) is 0.865. The predicted molar refractivity (Wildman–Crippen MR) is 42.8 cm³/mol. The first-order valence-electron chi connectivity index (χ1n) is 3.43. The second-order valence-electron chi connectivity index (χ2n) is 2.31. The first kappa shape index (κ1) is 6.28. The summed E-state index contributed by atoms with van der Waals surface area (Å²) in [6, 6.07) is 9.68. The molecule has 1 aromatic carbocycles. The summed E-state index contributed by atoms with van der Waals surface area (Å²) in [6.07, 6.45) is 0. The summed E-state index contributed by atoms with van der Waals surface area (Å²) < 4.78 is 10.2. The highest BCUT2D eigenvalue weighted by Crippen LogP contribution is 2.23. The maximum atomic E-state index is 5.29. The Bertz CT molecular complexity index is 329. The van der Waals surface area contributed by atoms with Crippen LogP contribution in [0, 0.1) is 0 Å². The van der Waals surface area contributed by atoms with Crippen LogP contribution in [0.5, 0.6) is 5.95 Å². The zero-order valence-corrected chi connectivity index (χ0v) is 6.20. The summed E-state index contributed by atoms with van der Waals surface area (Å²) in [5.74, 6) is 0.561. The zero-order valence-electron chi connectivity index (χ0n) is 6.20. The molecule has 0 radical (unpaired) electrons. The molecule has 0 saturated heterocycles. The van der Waals surface area contributed by atoms with Crippen LogP contribution < -0.4 is 4.74 Å². The van der Waals surface area contributed by atoms with Crippen molar-refractivity contribution in [2.24, 2.45) is 0 Å². The van der Waals surface area contributed by atoms with Crippen molar-refractivity contribution < 1.29 is 9.15 Å². The maximum Gasteiger partial charge on any atom is 0.285 e. The molecule has 11 heavy (non-hydrogen) atoms. The molecular formula is C9H8O2. The number of para-hydroxylation sites is 1. The molecule has 1 aromatic heterocycles. The largest absolute Gasteiger partial charge is 0.468 e. The molecule has 0 aliphatic rings. The van der Waals surface area contributed by atoms with Crippen LogP contribution in [0.1, 0.15) is 0 Å². The molecule has 0 unspecified atom stereocenters. The van der Waals surface area contributed by atoms with Gasteiger partial charge in [-0.1, -0.05) is 18.2 Å². The molecule has 2 aromatic rings. The fraction of sp³-hybridized carbons (Fsp3) is 0.111. The van der Waals surface area contributed by atoms with Crippen molar-refractivity contribution in [1.29, 1.82) is 0 Å². The van der Waals surface area contributed by atoms with Gasteiger partial charge >= 0.3 is 0 Å². The molecule has 0 aliphatic heterocycles. The molecular weight excluding hydrogens is 140 g/mol. The number of rotatable bonds is 1. The van der Waals surface area contributed by atoms with E-state index in [1.165, 1.54) is 0 Å². The molecule has 0 spiro atoms. The second-order valence-corrected chi connectivity index (χ2v) is 2.31. The van der Waals surface area contributed by atoms with Gasteiger partial charge in [0.05, 0.1) is 7.11 Å². The lowest BCUT2D eigenvalue weighted by Gasteiger charge is -1.87. The van der Waals surface area contributed by atoms with Crippen LogP contribution in [0.4, 0.5) is 0 Å². The lowest BCUT2D eigenvalue weighted by Crippen LogP contribution is -1.75. The fourth-order valence-corrected chi connectivity index (χ4v) is 1.06. The lowest BCUT2D eigenvalue weighted by molar-refractivity contribution is 0.316. The standard InChI is InChI=1S/C9H8O2/c1-10-9-6-7-4-2-3-5-8(7)11-9/h2-6H,1H3. The maximum absolute atomic E-state index is 5.29. The van der Waals surface area contributed by atoms with E-state index in [0.717, 1.165) is 11.0 Å². The van der Waals surface area contributed by atoms with Gasteiger partial charge in [0.1, 0.15) is 5.58 Å². The Morgan fingerprint density at radius 3 is 2.82 bits per heavy atom. The van der Waals surface area contributed by atoms with Crippen LogP contribution in [-0.2, 0) is 0 Å². The number of furan rings is 1. The first-order valence-corrected chi connectivity index (χ1v) is 3.43. The zero-order chi connectivity index (χ0) is 7.68. The number of benzene rings is 1. The van der Waals surface area contributed by atoms with Gasteiger partial charge in [-0.05, 0) is 6.07 Å². The van der Waals surface area contributed by atoms with Crippen molar-refractivity contribution in [3.8, 4) is 5.95 Å². The van der Waals surface area contributed by atoms with Crippen LogP contribution in [-0.4, -0.2) is 7.11 Å². The third-order valence-corrected chi connectivity index (χ3v) is 1.60. The average molecular weight is 148 g/mol. The highest BCUT2D eigenvalue weighted by molar-refractivity contribution is 5.78. The van der Waals surface area contributed by atoms with Gasteiger partial charge < -0.3 is 9.15 Å². The van der Waals surface area contributed by atoms with Crippen molar-refractivity contribution in [1.82, 2.24) is 0 Å². The quantitative estimate of drug-likeness (QED) is 0.619. The molecule has 0 bridgehead atoms. The summed E-state index contributed by atoms with van der Waals surface area (Å²) in [6.45, 7) is 0. The summed E-state index contributed by atoms with van der Waals surface area (Å²) in [7, 11) is 1.59. The average Bonchev–Trinajstić information content (AvgIpc) is 2.46. The highest BCUT2D eigenvalue weighted by atomic mass is 16.6. The van der Waals surface area contributed by atoms with Gasteiger partial charge in [-0.2, -0.15) is 0 Å². The van der Waals surface area contributed by atoms with Crippen molar-refractivity contribution in [2.75, 3.05) is 7.11 Å². The van der Waals surface area contributed by atoms with Crippen molar-refractivity contribution in [2.45, 2.75) is 0 Å². The van der Waals surface area contributed by atoms with E-state index in [9.17, 15) is 0 Å². The summed E-state index contributed by atoms with van der Waals surface area (Å²) in [5, 5.41) is 1.07. The van der Waals surface area contributed by atoms with Gasteiger partial charge in [0.15, 0.2) is 0 Å². The Balaban J connectivity index is 2.69. The summed E-state index contributed by atoms with van der Waals surface area (Å²) >= 11 is 0. The number of fused-ring (bicyclic) bond motifs is 1. The molecule has 0 atom stereocenters. The number of hydrogen-bond acceptors (Lipinski definition) is 2. The van der Waals surface area contributed by atoms with E-state index >= 15 is 0 Å². The van der Waals surface area contributed by atoms with Gasteiger partial charge in [0, 0.05) is 11.5 Å². The van der Waals surface area contributed by atoms with E-state index in [1.54, 1.807) is 7.11 Å². The number of hydrogen-bond donors (Lipinski definition) is 0. The molecule has 56 valence electrons. The smallest absolute Gasteiger partial charge is 0.285 e. The van der Waals surface area contributed by atoms with Gasteiger partial charge in [-0.25, -0.2) is 0 Å². The predicted octanol–water partition coefficient (Wildman–Crippen LogP) is 2.44. The van der Waals surface area contributed by atoms with Crippen LogP contribution in [0.25, 0.3) is 11.0 Å². The minimum atomic E-state index is 0.561. The molecule has 1 heterocycles. The Labute approximate surface area is 64.4 Å². The Morgan fingerprint density at radius 2 is 2.09 bits per heavy atom. The van der Waals surface area contributed by atoms with Crippen molar-refractivity contribution in [3.05, 3.63) is 30.3 Å². The van der Waals surface area contributed by atoms with Crippen molar-refractivity contribution >= 4 is 11.0 Å². The Morgan fingerprint density at radius 1 is 1.27 bits per heavy atom. The molecule has 0 saturated carbocycles. The van der Waals surface area contributed by atoms with E-state index in [-0.39, 0.29) is 0 Å². The third-order valence-electron chi connectivity index (χ3n) is 1.60. The topological polar surface area (TPSA) is 22.4 Å².